The minimum atomic E-state index is -0.576. The van der Waals surface area contributed by atoms with Crippen LogP contribution in [0.4, 0.5) is 5.13 Å². The van der Waals surface area contributed by atoms with E-state index in [1.807, 2.05) is 6.26 Å². The molecule has 106 valence electrons. The molecule has 0 spiro atoms. The number of rotatable bonds is 7. The number of Topliss-reactive ketones (excluding diaryl/α,β-unsaturated/α-hetero) is 1. The molecule has 1 unspecified atom stereocenters. The van der Waals surface area contributed by atoms with E-state index in [0.717, 1.165) is 12.2 Å². The average molecular weight is 302 g/mol. The first-order chi connectivity index (χ1) is 9.03. The molecule has 1 aromatic heterocycles. The molecule has 0 radical (unpaired) electrons. The summed E-state index contributed by atoms with van der Waals surface area (Å²) in [4.78, 5) is 27.6. The second kappa shape index (κ2) is 7.49. The van der Waals surface area contributed by atoms with Crippen LogP contribution in [0.1, 0.15) is 40.4 Å². The van der Waals surface area contributed by atoms with Gasteiger partial charge in [0.05, 0.1) is 7.11 Å². The first-order valence-electron chi connectivity index (χ1n) is 5.89. The fraction of sp³-hybridized carbons (Fsp3) is 0.583. The number of esters is 1. The van der Waals surface area contributed by atoms with Gasteiger partial charge in [-0.3, -0.25) is 4.79 Å². The number of anilines is 1. The molecule has 0 saturated heterocycles. The number of hydrogen-bond donors (Lipinski definition) is 1. The van der Waals surface area contributed by atoms with E-state index in [1.54, 1.807) is 11.8 Å². The van der Waals surface area contributed by atoms with Crippen LogP contribution in [0.15, 0.2) is 0 Å². The third-order valence-electron chi connectivity index (χ3n) is 2.51. The maximum Gasteiger partial charge on any atom is 0.358 e. The van der Waals surface area contributed by atoms with Crippen molar-refractivity contribution in [3.63, 3.8) is 0 Å². The predicted octanol–water partition coefficient (Wildman–Crippen LogP) is 2.69. The predicted molar refractivity (Wildman–Crippen MR) is 79.5 cm³/mol. The van der Waals surface area contributed by atoms with Crippen molar-refractivity contribution in [2.75, 3.05) is 24.4 Å². The molecule has 0 fully saturated rings. The van der Waals surface area contributed by atoms with Crippen molar-refractivity contribution >= 4 is 40.0 Å². The highest BCUT2D eigenvalue weighted by molar-refractivity contribution is 7.98. The Kier molecular flexibility index (Phi) is 6.30. The number of methoxy groups -OCH3 is 1. The molecule has 1 N–H and O–H groups in total. The first kappa shape index (κ1) is 16.0. The van der Waals surface area contributed by atoms with Gasteiger partial charge in [-0.15, -0.1) is 0 Å². The molecule has 0 aliphatic heterocycles. The van der Waals surface area contributed by atoms with Gasteiger partial charge in [0.25, 0.3) is 0 Å². The monoisotopic (exact) mass is 302 g/mol. The van der Waals surface area contributed by atoms with Crippen LogP contribution in [0, 0.1) is 0 Å². The van der Waals surface area contributed by atoms with E-state index in [4.69, 9.17) is 0 Å². The van der Waals surface area contributed by atoms with Gasteiger partial charge in [0.1, 0.15) is 4.88 Å². The highest BCUT2D eigenvalue weighted by atomic mass is 32.2. The molecule has 1 aromatic rings. The number of carbonyl (C=O) groups is 2. The van der Waals surface area contributed by atoms with Crippen molar-refractivity contribution in [2.45, 2.75) is 26.3 Å². The summed E-state index contributed by atoms with van der Waals surface area (Å²) in [5, 5.41) is 3.84. The fourth-order valence-corrected chi connectivity index (χ4v) is 3.14. The molecular formula is C12H18N2O3S2. The molecule has 1 atom stereocenters. The van der Waals surface area contributed by atoms with Crippen molar-refractivity contribution in [3.8, 4) is 0 Å². The van der Waals surface area contributed by atoms with Gasteiger partial charge < -0.3 is 10.1 Å². The van der Waals surface area contributed by atoms with Crippen LogP contribution in [0.3, 0.4) is 0 Å². The molecule has 0 amide bonds. The van der Waals surface area contributed by atoms with E-state index in [2.05, 4.69) is 22.0 Å². The maximum atomic E-state index is 11.6. The number of carbonyl (C=O) groups excluding carboxylic acids is 2. The summed E-state index contributed by atoms with van der Waals surface area (Å²) in [6, 6.07) is 0.270. The lowest BCUT2D eigenvalue weighted by Gasteiger charge is -2.14. The summed E-state index contributed by atoms with van der Waals surface area (Å²) in [5.41, 5.74) is 0.0986. The molecule has 7 heteroatoms. The average Bonchev–Trinajstić information content (AvgIpc) is 2.81. The van der Waals surface area contributed by atoms with Gasteiger partial charge in [-0.2, -0.15) is 11.8 Å². The van der Waals surface area contributed by atoms with Crippen molar-refractivity contribution in [2.24, 2.45) is 0 Å². The molecule has 1 rings (SSSR count). The number of thioether (sulfide) groups is 1. The smallest absolute Gasteiger partial charge is 0.358 e. The molecule has 1 heterocycles. The Bertz CT molecular complexity index is 460. The Labute approximate surface area is 121 Å². The van der Waals surface area contributed by atoms with E-state index in [1.165, 1.54) is 25.4 Å². The topological polar surface area (TPSA) is 68.3 Å². The van der Waals surface area contributed by atoms with Gasteiger partial charge in [-0.05, 0) is 12.7 Å². The zero-order valence-electron chi connectivity index (χ0n) is 11.5. The third-order valence-corrected chi connectivity index (χ3v) is 4.34. The number of hydrogen-bond acceptors (Lipinski definition) is 7. The molecule has 0 aromatic carbocycles. The van der Waals surface area contributed by atoms with E-state index in [9.17, 15) is 9.59 Å². The number of ketones is 1. The number of nitrogens with one attached hydrogen (secondary N) is 1. The molecule has 0 aliphatic rings. The van der Waals surface area contributed by atoms with Gasteiger partial charge >= 0.3 is 5.97 Å². The summed E-state index contributed by atoms with van der Waals surface area (Å²) in [6.45, 7) is 3.50. The molecule has 0 aliphatic carbocycles. The minimum Gasteiger partial charge on any atom is -0.464 e. The highest BCUT2D eigenvalue weighted by Crippen LogP contribution is 2.25. The second-order valence-electron chi connectivity index (χ2n) is 3.95. The number of ether oxygens (including phenoxy) is 1. The molecule has 0 saturated carbocycles. The van der Waals surface area contributed by atoms with Crippen molar-refractivity contribution in [1.29, 1.82) is 0 Å². The Morgan fingerprint density at radius 2 is 2.21 bits per heavy atom. The summed E-state index contributed by atoms with van der Waals surface area (Å²) in [7, 11) is 1.28. The summed E-state index contributed by atoms with van der Waals surface area (Å²) in [5.74, 6) is 0.190. The highest BCUT2D eigenvalue weighted by Gasteiger charge is 2.22. The largest absolute Gasteiger partial charge is 0.464 e. The van der Waals surface area contributed by atoms with Crippen LogP contribution < -0.4 is 5.32 Å². The van der Waals surface area contributed by atoms with Crippen molar-refractivity contribution in [1.82, 2.24) is 4.98 Å². The molecular weight excluding hydrogens is 284 g/mol. The van der Waals surface area contributed by atoms with Crippen LogP contribution in [0.5, 0.6) is 0 Å². The SMILES string of the molecule is CCC(CSC)Nc1nc(C(=O)OC)c(C(C)=O)s1. The third kappa shape index (κ3) is 4.21. The maximum absolute atomic E-state index is 11.6. The quantitative estimate of drug-likeness (QED) is 0.617. The summed E-state index contributed by atoms with van der Waals surface area (Å²) < 4.78 is 4.64. The number of aromatic nitrogens is 1. The van der Waals surface area contributed by atoms with Crippen LogP contribution in [0.25, 0.3) is 0 Å². The Hall–Kier alpha value is -1.08. The van der Waals surface area contributed by atoms with E-state index in [-0.39, 0.29) is 17.5 Å². The van der Waals surface area contributed by atoms with E-state index >= 15 is 0 Å². The van der Waals surface area contributed by atoms with Gasteiger partial charge in [-0.1, -0.05) is 18.3 Å². The van der Waals surface area contributed by atoms with Gasteiger partial charge in [0.2, 0.25) is 0 Å². The molecule has 0 bridgehead atoms. The van der Waals surface area contributed by atoms with Gasteiger partial charge in [0, 0.05) is 18.7 Å². The fourth-order valence-electron chi connectivity index (χ4n) is 1.49. The Morgan fingerprint density at radius 3 is 2.68 bits per heavy atom. The van der Waals surface area contributed by atoms with Gasteiger partial charge in [0.15, 0.2) is 16.6 Å². The van der Waals surface area contributed by atoms with Crippen LogP contribution in [-0.4, -0.2) is 41.9 Å². The van der Waals surface area contributed by atoms with E-state index in [0.29, 0.717) is 10.0 Å². The lowest BCUT2D eigenvalue weighted by molar-refractivity contribution is 0.0591. The summed E-state index contributed by atoms with van der Waals surface area (Å²) >= 11 is 2.94. The second-order valence-corrected chi connectivity index (χ2v) is 5.86. The number of thiazole rings is 1. The number of nitrogens with zero attached hydrogens (tertiary/aromatic N) is 1. The van der Waals surface area contributed by atoms with Crippen molar-refractivity contribution in [3.05, 3.63) is 10.6 Å². The summed E-state index contributed by atoms with van der Waals surface area (Å²) in [6.07, 6.45) is 2.98. The standard InChI is InChI=1S/C12H18N2O3S2/c1-5-8(6-18-4)13-12-14-9(11(16)17-3)10(19-12)7(2)15/h8H,5-6H2,1-4H3,(H,13,14). The van der Waals surface area contributed by atoms with Crippen LogP contribution >= 0.6 is 23.1 Å². The lowest BCUT2D eigenvalue weighted by atomic mass is 10.3. The zero-order chi connectivity index (χ0) is 14.4. The molecule has 5 nitrogen and oxygen atoms in total. The van der Waals surface area contributed by atoms with Crippen molar-refractivity contribution < 1.29 is 14.3 Å². The van der Waals surface area contributed by atoms with Crippen LogP contribution in [-0.2, 0) is 4.74 Å². The Morgan fingerprint density at radius 1 is 1.53 bits per heavy atom. The van der Waals surface area contributed by atoms with Gasteiger partial charge in [-0.25, -0.2) is 9.78 Å². The molecule has 19 heavy (non-hydrogen) atoms. The Balaban J connectivity index is 2.97. The normalized spacial score (nSPS) is 12.0. The van der Waals surface area contributed by atoms with E-state index < -0.39 is 5.97 Å². The van der Waals surface area contributed by atoms with Crippen LogP contribution in [0.2, 0.25) is 0 Å². The minimum absolute atomic E-state index is 0.0986. The zero-order valence-corrected chi connectivity index (χ0v) is 13.1. The first-order valence-corrected chi connectivity index (χ1v) is 8.10. The lowest BCUT2D eigenvalue weighted by Crippen LogP contribution is -2.21.